The number of rotatable bonds is 9. The Morgan fingerprint density at radius 2 is 1.77 bits per heavy atom. The summed E-state index contributed by atoms with van der Waals surface area (Å²) in [5.74, 6) is -0.874. The van der Waals surface area contributed by atoms with Crippen LogP contribution in [0.25, 0.3) is 0 Å². The Labute approximate surface area is 170 Å². The summed E-state index contributed by atoms with van der Waals surface area (Å²) in [5, 5.41) is 0. The quantitative estimate of drug-likeness (QED) is 0.471. The van der Waals surface area contributed by atoms with E-state index in [1.165, 1.54) is 19.2 Å². The number of hydrogen-bond acceptors (Lipinski definition) is 6. The van der Waals surface area contributed by atoms with Crippen LogP contribution in [0.1, 0.15) is 22.3 Å². The van der Waals surface area contributed by atoms with Crippen molar-refractivity contribution in [1.29, 1.82) is 0 Å². The molecule has 2 aromatic rings. The van der Waals surface area contributed by atoms with Crippen LogP contribution < -0.4 is 9.46 Å². The van der Waals surface area contributed by atoms with Crippen LogP contribution in [0.15, 0.2) is 53.4 Å². The molecule has 0 fully saturated rings. The fraction of sp³-hybridized carbons (Fsp3) is 0.263. The van der Waals surface area contributed by atoms with Crippen LogP contribution >= 0.6 is 0 Å². The van der Waals surface area contributed by atoms with Gasteiger partial charge in [0.1, 0.15) is 5.75 Å². The first-order chi connectivity index (χ1) is 14.0. The first-order valence-corrected chi connectivity index (χ1v) is 10.0. The maximum atomic E-state index is 12.7. The summed E-state index contributed by atoms with van der Waals surface area (Å²) in [4.78, 5) is 23.2. The zero-order valence-electron chi connectivity index (χ0n) is 15.7. The molecule has 1 N–H and O–H groups in total. The van der Waals surface area contributed by atoms with E-state index in [0.29, 0.717) is 11.8 Å². The number of halogens is 3. The second kappa shape index (κ2) is 9.72. The molecule has 0 aliphatic carbocycles. The highest BCUT2D eigenvalue weighted by Crippen LogP contribution is 2.30. The highest BCUT2D eigenvalue weighted by atomic mass is 32.2. The molecule has 0 aliphatic rings. The average molecular weight is 445 g/mol. The van der Waals surface area contributed by atoms with Crippen LogP contribution in [-0.4, -0.2) is 40.4 Å². The predicted molar refractivity (Wildman–Crippen MR) is 99.5 cm³/mol. The van der Waals surface area contributed by atoms with Gasteiger partial charge in [-0.15, -0.1) is 0 Å². The van der Waals surface area contributed by atoms with Crippen LogP contribution in [0, 0.1) is 0 Å². The molecule has 0 saturated heterocycles. The van der Waals surface area contributed by atoms with Crippen LogP contribution in [0.5, 0.6) is 5.75 Å². The summed E-state index contributed by atoms with van der Waals surface area (Å²) in [7, 11) is -2.82. The Morgan fingerprint density at radius 1 is 1.07 bits per heavy atom. The molecule has 0 atom stereocenters. The molecule has 0 bridgehead atoms. The van der Waals surface area contributed by atoms with E-state index in [1.807, 2.05) is 4.72 Å². The van der Waals surface area contributed by atoms with Crippen molar-refractivity contribution in [2.75, 3.05) is 20.3 Å². The van der Waals surface area contributed by atoms with Gasteiger partial charge in [-0.25, -0.2) is 13.1 Å². The van der Waals surface area contributed by atoms with Gasteiger partial charge in [0.2, 0.25) is 10.0 Å². The Kier molecular flexibility index (Phi) is 7.57. The largest absolute Gasteiger partial charge is 0.497 e. The Bertz CT molecular complexity index is 1020. The highest BCUT2D eigenvalue weighted by Gasteiger charge is 2.31. The summed E-state index contributed by atoms with van der Waals surface area (Å²) >= 11 is 0. The van der Waals surface area contributed by atoms with Gasteiger partial charge in [-0.2, -0.15) is 13.2 Å². The second-order valence-electron chi connectivity index (χ2n) is 5.99. The standard InChI is InChI=1S/C19H18F3NO6S/c1-28-15-6-2-4-13(10-15)17(24)12-29-18(25)8-9-23-30(26,27)16-7-3-5-14(11-16)19(20,21)22/h2-7,10-11,23H,8-9,12H2,1H3. The van der Waals surface area contributed by atoms with Crippen LogP contribution in [0.4, 0.5) is 13.2 Å². The van der Waals surface area contributed by atoms with E-state index < -0.39 is 58.0 Å². The molecule has 0 radical (unpaired) electrons. The first-order valence-electron chi connectivity index (χ1n) is 8.53. The van der Waals surface area contributed by atoms with E-state index in [1.54, 1.807) is 12.1 Å². The molecule has 2 rings (SSSR count). The molecule has 0 unspecified atom stereocenters. The number of nitrogens with one attached hydrogen (secondary N) is 1. The lowest BCUT2D eigenvalue weighted by Crippen LogP contribution is -2.27. The minimum Gasteiger partial charge on any atom is -0.497 e. The Hall–Kier alpha value is -2.92. The SMILES string of the molecule is COc1cccc(C(=O)COC(=O)CCNS(=O)(=O)c2cccc(C(F)(F)F)c2)c1. The molecular weight excluding hydrogens is 427 g/mol. The summed E-state index contributed by atoms with van der Waals surface area (Å²) < 4.78 is 74.2. The Balaban J connectivity index is 1.85. The molecular formula is C19H18F3NO6S. The molecule has 0 aliphatic heterocycles. The molecule has 0 aromatic heterocycles. The lowest BCUT2D eigenvalue weighted by molar-refractivity contribution is -0.142. The first kappa shape index (κ1) is 23.4. The monoisotopic (exact) mass is 445 g/mol. The topological polar surface area (TPSA) is 98.8 Å². The van der Waals surface area contributed by atoms with Gasteiger partial charge in [0.25, 0.3) is 0 Å². The smallest absolute Gasteiger partial charge is 0.416 e. The summed E-state index contributed by atoms with van der Waals surface area (Å²) in [6.45, 7) is -0.961. The van der Waals surface area contributed by atoms with Gasteiger partial charge in [0.05, 0.1) is 24.0 Å². The van der Waals surface area contributed by atoms with E-state index in [4.69, 9.17) is 9.47 Å². The summed E-state index contributed by atoms with van der Waals surface area (Å²) in [5.41, 5.74) is -0.840. The van der Waals surface area contributed by atoms with Crippen LogP contribution in [-0.2, 0) is 25.7 Å². The van der Waals surface area contributed by atoms with Gasteiger partial charge in [-0.05, 0) is 30.3 Å². The number of carbonyl (C=O) groups excluding carboxylic acids is 2. The molecule has 162 valence electrons. The fourth-order valence-electron chi connectivity index (χ4n) is 2.31. The van der Waals surface area contributed by atoms with Crippen LogP contribution in [0.3, 0.4) is 0 Å². The van der Waals surface area contributed by atoms with Crippen molar-refractivity contribution >= 4 is 21.8 Å². The number of ketones is 1. The molecule has 0 heterocycles. The minimum atomic E-state index is -4.69. The molecule has 11 heteroatoms. The summed E-state index contributed by atoms with van der Waals surface area (Å²) in [6, 6.07) is 9.43. The second-order valence-corrected chi connectivity index (χ2v) is 7.76. The van der Waals surface area contributed by atoms with Gasteiger partial charge >= 0.3 is 12.1 Å². The third-order valence-electron chi connectivity index (χ3n) is 3.85. The van der Waals surface area contributed by atoms with Crippen molar-refractivity contribution in [1.82, 2.24) is 4.72 Å². The van der Waals surface area contributed by atoms with Gasteiger partial charge in [0.15, 0.2) is 12.4 Å². The van der Waals surface area contributed by atoms with E-state index in [-0.39, 0.29) is 5.56 Å². The molecule has 30 heavy (non-hydrogen) atoms. The maximum Gasteiger partial charge on any atom is 0.416 e. The van der Waals surface area contributed by atoms with E-state index in [0.717, 1.165) is 18.2 Å². The molecule has 0 amide bonds. The highest BCUT2D eigenvalue weighted by molar-refractivity contribution is 7.89. The number of alkyl halides is 3. The van der Waals surface area contributed by atoms with Gasteiger partial charge < -0.3 is 9.47 Å². The van der Waals surface area contributed by atoms with E-state index in [2.05, 4.69) is 0 Å². The number of methoxy groups -OCH3 is 1. The number of ether oxygens (including phenoxy) is 2. The van der Waals surface area contributed by atoms with Crippen molar-refractivity contribution in [3.8, 4) is 5.75 Å². The number of esters is 1. The number of Topliss-reactive ketones (excluding diaryl/α,β-unsaturated/α-hetero) is 1. The van der Waals surface area contributed by atoms with Crippen molar-refractivity contribution in [2.24, 2.45) is 0 Å². The third kappa shape index (κ3) is 6.56. The van der Waals surface area contributed by atoms with Gasteiger partial charge in [-0.1, -0.05) is 18.2 Å². The number of benzene rings is 2. The Morgan fingerprint density at radius 3 is 2.43 bits per heavy atom. The van der Waals surface area contributed by atoms with Gasteiger partial charge in [-0.3, -0.25) is 9.59 Å². The van der Waals surface area contributed by atoms with Gasteiger partial charge in [0, 0.05) is 12.1 Å². The lowest BCUT2D eigenvalue weighted by Gasteiger charge is -2.10. The zero-order chi connectivity index (χ0) is 22.4. The van der Waals surface area contributed by atoms with E-state index >= 15 is 0 Å². The molecule has 2 aromatic carbocycles. The summed E-state index contributed by atoms with van der Waals surface area (Å²) in [6.07, 6.45) is -5.10. The zero-order valence-corrected chi connectivity index (χ0v) is 16.5. The van der Waals surface area contributed by atoms with Crippen molar-refractivity contribution in [2.45, 2.75) is 17.5 Å². The maximum absolute atomic E-state index is 12.7. The van der Waals surface area contributed by atoms with Crippen molar-refractivity contribution in [3.05, 3.63) is 59.7 Å². The minimum absolute atomic E-state index is 0.271. The fourth-order valence-corrected chi connectivity index (χ4v) is 3.39. The normalized spacial score (nSPS) is 11.7. The molecule has 0 spiro atoms. The van der Waals surface area contributed by atoms with E-state index in [9.17, 15) is 31.2 Å². The predicted octanol–water partition coefficient (Wildman–Crippen LogP) is 2.81. The third-order valence-corrected chi connectivity index (χ3v) is 5.31. The van der Waals surface area contributed by atoms with Crippen molar-refractivity contribution in [3.63, 3.8) is 0 Å². The average Bonchev–Trinajstić information content (AvgIpc) is 2.71. The number of sulfonamides is 1. The molecule has 0 saturated carbocycles. The number of hydrogen-bond donors (Lipinski definition) is 1. The van der Waals surface area contributed by atoms with Crippen LogP contribution in [0.2, 0.25) is 0 Å². The number of carbonyl (C=O) groups is 2. The lowest BCUT2D eigenvalue weighted by atomic mass is 10.1. The molecule has 7 nitrogen and oxygen atoms in total. The van der Waals surface area contributed by atoms with Crippen molar-refractivity contribution < 1.29 is 40.7 Å².